The van der Waals surface area contributed by atoms with Gasteiger partial charge in [0.25, 0.3) is 0 Å². The summed E-state index contributed by atoms with van der Waals surface area (Å²) in [6.45, 7) is 16.9. The minimum Gasteiger partial charge on any atom is -0.463 e. The standard InChI is InChI=1S/C50H84O19/c1-23(2)11-10-15-50(9,69-44-41(62)38(59)35(56)28(21-52)65-44)25-12-17-49(8)33(25)26(54)19-31-47(6)16-14-32(46(4,5)30(47)13-18-48(31,49)7)67-45-42(39(60)36(57)29(66-45)22-63-24(3)53)68-43-40(61)37(58)34(55)27(20-51)64-43/h11,25-45,51-52,54-62H,10,12-22H2,1-9H3/t25-,26+,27+,28+,29+,30+,31+,32-,33-,34+,35+,36+,37-,38-,39-,40+,41+,42+,43-,44-,45-,47-,48+,49+,50-/m0/s1. The van der Waals surface area contributed by atoms with Crippen molar-refractivity contribution in [3.63, 3.8) is 0 Å². The number of allylic oxidation sites excluding steroid dienone is 2. The zero-order valence-corrected chi connectivity index (χ0v) is 41.9. The molecule has 3 heterocycles. The van der Waals surface area contributed by atoms with Gasteiger partial charge in [-0.25, -0.2) is 0 Å². The summed E-state index contributed by atoms with van der Waals surface area (Å²) in [5.41, 5.74) is -1.23. The molecule has 4 saturated carbocycles. The molecule has 7 rings (SSSR count). The van der Waals surface area contributed by atoms with Crippen molar-refractivity contribution in [3.8, 4) is 0 Å². The molecule has 3 saturated heterocycles. The fourth-order valence-electron chi connectivity index (χ4n) is 15.1. The van der Waals surface area contributed by atoms with Gasteiger partial charge >= 0.3 is 5.97 Å². The number of carbonyl (C=O) groups excluding carboxylic acids is 1. The lowest BCUT2D eigenvalue weighted by Gasteiger charge is -2.71. The number of fused-ring (bicyclic) bond motifs is 5. The van der Waals surface area contributed by atoms with Gasteiger partial charge < -0.3 is 89.3 Å². The Morgan fingerprint density at radius 1 is 0.652 bits per heavy atom. The molecule has 11 N–H and O–H groups in total. The molecule has 19 heteroatoms. The van der Waals surface area contributed by atoms with Crippen molar-refractivity contribution < 1.29 is 94.1 Å². The van der Waals surface area contributed by atoms with Crippen LogP contribution in [-0.2, 0) is 38.0 Å². The first-order valence-electron chi connectivity index (χ1n) is 25.3. The second kappa shape index (κ2) is 20.7. The summed E-state index contributed by atoms with van der Waals surface area (Å²) >= 11 is 0. The van der Waals surface area contributed by atoms with Gasteiger partial charge in [-0.3, -0.25) is 4.79 Å². The first-order valence-corrected chi connectivity index (χ1v) is 25.3. The zero-order valence-electron chi connectivity index (χ0n) is 41.9. The van der Waals surface area contributed by atoms with Crippen molar-refractivity contribution >= 4 is 5.97 Å². The minimum absolute atomic E-state index is 0.0657. The van der Waals surface area contributed by atoms with E-state index in [2.05, 4.69) is 40.7 Å². The Bertz CT molecular complexity index is 1790. The Hall–Kier alpha value is -1.47. The zero-order chi connectivity index (χ0) is 50.9. The Labute approximate surface area is 406 Å². The van der Waals surface area contributed by atoms with Gasteiger partial charge in [0.15, 0.2) is 18.9 Å². The van der Waals surface area contributed by atoms with E-state index in [1.807, 2.05) is 20.8 Å². The highest BCUT2D eigenvalue weighted by atomic mass is 16.8. The summed E-state index contributed by atoms with van der Waals surface area (Å²) in [6, 6.07) is 0. The van der Waals surface area contributed by atoms with Crippen LogP contribution in [0.3, 0.4) is 0 Å². The first-order chi connectivity index (χ1) is 32.2. The van der Waals surface area contributed by atoms with Gasteiger partial charge in [-0.05, 0) is 124 Å². The van der Waals surface area contributed by atoms with Crippen molar-refractivity contribution in [3.05, 3.63) is 11.6 Å². The third-order valence-corrected chi connectivity index (χ3v) is 19.1. The molecule has 398 valence electrons. The summed E-state index contributed by atoms with van der Waals surface area (Å²) in [5, 5.41) is 120. The smallest absolute Gasteiger partial charge is 0.302 e. The van der Waals surface area contributed by atoms with Crippen molar-refractivity contribution in [2.24, 2.45) is 45.3 Å². The molecule has 0 aromatic rings. The van der Waals surface area contributed by atoms with Crippen molar-refractivity contribution in [1.29, 1.82) is 0 Å². The maximum Gasteiger partial charge on any atom is 0.302 e. The Morgan fingerprint density at radius 2 is 1.22 bits per heavy atom. The number of hydrogen-bond donors (Lipinski definition) is 11. The number of esters is 1. The molecule has 25 atom stereocenters. The van der Waals surface area contributed by atoms with E-state index in [1.54, 1.807) is 0 Å². The fourth-order valence-corrected chi connectivity index (χ4v) is 15.1. The number of hydrogen-bond acceptors (Lipinski definition) is 19. The number of carbonyl (C=O) groups is 1. The molecule has 3 aliphatic heterocycles. The molecular formula is C50H84O19. The molecule has 0 aromatic carbocycles. The second-order valence-corrected chi connectivity index (χ2v) is 23.5. The van der Waals surface area contributed by atoms with Crippen LogP contribution in [-0.4, -0.2) is 192 Å². The normalized spacial score (nSPS) is 50.5. The van der Waals surface area contributed by atoms with E-state index >= 15 is 0 Å². The van der Waals surface area contributed by atoms with Crippen molar-refractivity contribution in [2.75, 3.05) is 19.8 Å². The maximum absolute atomic E-state index is 12.7. The third-order valence-electron chi connectivity index (χ3n) is 19.1. The minimum atomic E-state index is -1.82. The van der Waals surface area contributed by atoms with Crippen LogP contribution in [0, 0.1) is 45.3 Å². The number of aliphatic hydroxyl groups excluding tert-OH is 11. The molecule has 7 aliphatic rings. The predicted molar refractivity (Wildman–Crippen MR) is 243 cm³/mol. The van der Waals surface area contributed by atoms with E-state index in [9.17, 15) is 61.0 Å². The summed E-state index contributed by atoms with van der Waals surface area (Å²) in [5.74, 6) is -0.854. The van der Waals surface area contributed by atoms with E-state index in [1.165, 1.54) is 6.92 Å². The first kappa shape index (κ1) is 55.3. The molecule has 0 bridgehead atoms. The molecular weight excluding hydrogens is 905 g/mol. The molecule has 19 nitrogen and oxygen atoms in total. The molecule has 0 amide bonds. The van der Waals surface area contributed by atoms with Gasteiger partial charge in [0.2, 0.25) is 0 Å². The van der Waals surface area contributed by atoms with Gasteiger partial charge in [-0.2, -0.15) is 0 Å². The number of ether oxygens (including phenoxy) is 7. The van der Waals surface area contributed by atoms with Crippen LogP contribution in [0.2, 0.25) is 0 Å². The lowest BCUT2D eigenvalue weighted by molar-refractivity contribution is -0.378. The topological polar surface area (TPSA) is 304 Å². The molecule has 0 spiro atoms. The quantitative estimate of drug-likeness (QED) is 0.0643. The molecule has 4 aliphatic carbocycles. The van der Waals surface area contributed by atoms with Crippen LogP contribution in [0.1, 0.15) is 120 Å². The average Bonchev–Trinajstić information content (AvgIpc) is 3.67. The van der Waals surface area contributed by atoms with E-state index in [0.29, 0.717) is 32.1 Å². The molecule has 0 unspecified atom stereocenters. The van der Waals surface area contributed by atoms with Crippen LogP contribution in [0.5, 0.6) is 0 Å². The summed E-state index contributed by atoms with van der Waals surface area (Å²) in [6.07, 6.45) is -15.9. The van der Waals surface area contributed by atoms with E-state index < -0.39 is 141 Å². The monoisotopic (exact) mass is 989 g/mol. The fraction of sp³-hybridized carbons (Fsp3) is 0.940. The second-order valence-electron chi connectivity index (χ2n) is 23.5. The van der Waals surface area contributed by atoms with Gasteiger partial charge in [0.05, 0.1) is 31.0 Å². The molecule has 69 heavy (non-hydrogen) atoms. The molecule has 7 fully saturated rings. The highest BCUT2D eigenvalue weighted by Crippen LogP contribution is 2.76. The van der Waals surface area contributed by atoms with Gasteiger partial charge in [0.1, 0.15) is 79.9 Å². The predicted octanol–water partition coefficient (Wildman–Crippen LogP) is 0.544. The third kappa shape index (κ3) is 9.75. The Balaban J connectivity index is 1.14. The van der Waals surface area contributed by atoms with Crippen LogP contribution in [0.25, 0.3) is 0 Å². The number of aliphatic hydroxyl groups is 11. The van der Waals surface area contributed by atoms with Crippen LogP contribution in [0.15, 0.2) is 11.6 Å². The maximum atomic E-state index is 12.7. The molecule has 0 radical (unpaired) electrons. The summed E-state index contributed by atoms with van der Waals surface area (Å²) < 4.78 is 42.7. The van der Waals surface area contributed by atoms with Crippen molar-refractivity contribution in [1.82, 2.24) is 0 Å². The lowest BCUT2D eigenvalue weighted by atomic mass is 9.35. The highest BCUT2D eigenvalue weighted by molar-refractivity contribution is 5.65. The lowest BCUT2D eigenvalue weighted by Crippen LogP contribution is -2.68. The molecule has 0 aromatic heterocycles. The highest BCUT2D eigenvalue weighted by Gasteiger charge is 2.72. The SMILES string of the molecule is CC(=O)OC[C@H]1O[C@@H](O[C@H]2CC[C@@]3(C)[C@H](CC[C@]4(C)[C@@H]3C[C@@H](O)[C@@H]3[C@@H]([C@](C)(CCC=C(C)C)O[C@@H]5O[C@H](CO)[C@@H](O)[C@H](O)[C@H]5O)CC[C@]34C)C2(C)C)[C@H](O[C@@H]2O[C@H](CO)[C@@H](O)[C@H](O)[C@H]2O)[C@@H](O)[C@@H]1O. The van der Waals surface area contributed by atoms with Crippen LogP contribution >= 0.6 is 0 Å². The summed E-state index contributed by atoms with van der Waals surface area (Å²) in [4.78, 5) is 11.8. The van der Waals surface area contributed by atoms with Crippen LogP contribution in [0.4, 0.5) is 0 Å². The van der Waals surface area contributed by atoms with Gasteiger partial charge in [-0.1, -0.05) is 46.3 Å². The largest absolute Gasteiger partial charge is 0.463 e. The Morgan fingerprint density at radius 3 is 1.81 bits per heavy atom. The Kier molecular flexibility index (Phi) is 16.6. The average molecular weight is 989 g/mol. The van der Waals surface area contributed by atoms with E-state index in [4.69, 9.17) is 33.2 Å². The number of rotatable bonds is 14. The van der Waals surface area contributed by atoms with Crippen LogP contribution < -0.4 is 0 Å². The van der Waals surface area contributed by atoms with Gasteiger partial charge in [0, 0.05) is 6.92 Å². The van der Waals surface area contributed by atoms with Crippen molar-refractivity contribution in [2.45, 2.75) is 230 Å². The summed E-state index contributed by atoms with van der Waals surface area (Å²) in [7, 11) is 0. The van der Waals surface area contributed by atoms with Gasteiger partial charge in [-0.15, -0.1) is 0 Å². The van der Waals surface area contributed by atoms with E-state index in [0.717, 1.165) is 31.3 Å². The van der Waals surface area contributed by atoms with E-state index in [-0.39, 0.29) is 39.9 Å².